The van der Waals surface area contributed by atoms with E-state index in [2.05, 4.69) is 22.9 Å². The van der Waals surface area contributed by atoms with Crippen LogP contribution in [-0.2, 0) is 4.79 Å². The summed E-state index contributed by atoms with van der Waals surface area (Å²) in [6.45, 7) is 5.61. The van der Waals surface area contributed by atoms with E-state index in [4.69, 9.17) is 5.26 Å². The summed E-state index contributed by atoms with van der Waals surface area (Å²) in [6.07, 6.45) is 3.92. The van der Waals surface area contributed by atoms with Crippen molar-refractivity contribution in [1.29, 1.82) is 5.26 Å². The van der Waals surface area contributed by atoms with Crippen LogP contribution in [-0.4, -0.2) is 42.0 Å². The second-order valence-electron chi connectivity index (χ2n) is 6.43. The van der Waals surface area contributed by atoms with Gasteiger partial charge < -0.3 is 9.80 Å². The van der Waals surface area contributed by atoms with Crippen molar-refractivity contribution in [2.24, 2.45) is 5.41 Å². The summed E-state index contributed by atoms with van der Waals surface area (Å²) >= 11 is 0. The molecule has 1 atom stereocenters. The lowest BCUT2D eigenvalue weighted by molar-refractivity contribution is -0.137. The fraction of sp³-hybridized carbons (Fsp3) is 0.588. The molecular formula is C17H22N4O. The molecule has 5 nitrogen and oxygen atoms in total. The zero-order valence-electron chi connectivity index (χ0n) is 13.1. The molecule has 0 radical (unpaired) electrons. The Labute approximate surface area is 131 Å². The molecule has 22 heavy (non-hydrogen) atoms. The van der Waals surface area contributed by atoms with Gasteiger partial charge in [0.2, 0.25) is 5.91 Å². The molecule has 2 fully saturated rings. The molecule has 0 aromatic carbocycles. The van der Waals surface area contributed by atoms with Crippen molar-refractivity contribution in [2.75, 3.05) is 31.1 Å². The molecule has 3 rings (SSSR count). The van der Waals surface area contributed by atoms with E-state index in [0.29, 0.717) is 12.1 Å². The second kappa shape index (κ2) is 5.96. The first kappa shape index (κ1) is 14.8. The van der Waals surface area contributed by atoms with Crippen LogP contribution in [0.4, 0.5) is 5.82 Å². The lowest BCUT2D eigenvalue weighted by Crippen LogP contribution is -2.54. The first-order chi connectivity index (χ1) is 10.7. The van der Waals surface area contributed by atoms with Crippen molar-refractivity contribution in [3.05, 3.63) is 23.9 Å². The Bertz CT molecular complexity index is 609. The summed E-state index contributed by atoms with van der Waals surface area (Å²) in [6, 6.07) is 7.72. The van der Waals surface area contributed by atoms with Gasteiger partial charge in [0, 0.05) is 38.0 Å². The number of aromatic nitrogens is 1. The lowest BCUT2D eigenvalue weighted by atomic mass is 9.73. The van der Waals surface area contributed by atoms with E-state index in [1.165, 1.54) is 6.42 Å². The minimum atomic E-state index is 0.187. The molecule has 116 valence electrons. The summed E-state index contributed by atoms with van der Waals surface area (Å²) in [5, 5.41) is 9.02. The lowest BCUT2D eigenvalue weighted by Gasteiger charge is -2.48. The molecule has 0 unspecified atom stereocenters. The van der Waals surface area contributed by atoms with Gasteiger partial charge in [-0.15, -0.1) is 0 Å². The third-order valence-electron chi connectivity index (χ3n) is 4.96. The summed E-state index contributed by atoms with van der Waals surface area (Å²) < 4.78 is 0. The highest BCUT2D eigenvalue weighted by Gasteiger charge is 2.41. The average Bonchev–Trinajstić information content (AvgIpc) is 2.57. The molecule has 0 saturated carbocycles. The monoisotopic (exact) mass is 298 g/mol. The molecule has 1 amide bonds. The number of hydrogen-bond acceptors (Lipinski definition) is 4. The number of rotatable bonds is 2. The van der Waals surface area contributed by atoms with Gasteiger partial charge in [-0.25, -0.2) is 4.98 Å². The number of piperidine rings is 2. The van der Waals surface area contributed by atoms with Gasteiger partial charge in [0.25, 0.3) is 0 Å². The fourth-order valence-electron chi connectivity index (χ4n) is 3.79. The van der Waals surface area contributed by atoms with Crippen molar-refractivity contribution in [3.8, 4) is 6.07 Å². The largest absolute Gasteiger partial charge is 0.356 e. The van der Waals surface area contributed by atoms with Crippen LogP contribution in [0.25, 0.3) is 0 Å². The van der Waals surface area contributed by atoms with Crippen LogP contribution in [0, 0.1) is 16.7 Å². The van der Waals surface area contributed by atoms with E-state index in [1.54, 1.807) is 6.07 Å². The van der Waals surface area contributed by atoms with Crippen LogP contribution in [0.1, 0.15) is 38.3 Å². The van der Waals surface area contributed by atoms with Crippen LogP contribution in [0.2, 0.25) is 0 Å². The number of pyridine rings is 1. The van der Waals surface area contributed by atoms with Crippen molar-refractivity contribution in [1.82, 2.24) is 9.88 Å². The Morgan fingerprint density at radius 2 is 2.23 bits per heavy atom. The number of anilines is 1. The molecule has 5 heteroatoms. The maximum absolute atomic E-state index is 12.0. The highest BCUT2D eigenvalue weighted by Crippen LogP contribution is 2.39. The molecule has 0 aliphatic carbocycles. The SMILES string of the molecule is CCN1C[C@@]2(CCCN(c3cccc(C#N)n3)C2)CCC1=O. The topological polar surface area (TPSA) is 60.2 Å². The van der Waals surface area contributed by atoms with Crippen LogP contribution in [0.15, 0.2) is 18.2 Å². The predicted molar refractivity (Wildman–Crippen MR) is 84.3 cm³/mol. The molecule has 2 saturated heterocycles. The highest BCUT2D eigenvalue weighted by atomic mass is 16.2. The first-order valence-corrected chi connectivity index (χ1v) is 8.06. The minimum absolute atomic E-state index is 0.187. The number of amides is 1. The molecule has 0 N–H and O–H groups in total. The van der Waals surface area contributed by atoms with Crippen molar-refractivity contribution < 1.29 is 4.79 Å². The molecule has 1 aromatic heterocycles. The second-order valence-corrected chi connectivity index (χ2v) is 6.43. The average molecular weight is 298 g/mol. The molecule has 0 bridgehead atoms. The number of carbonyl (C=O) groups excluding carboxylic acids is 1. The van der Waals surface area contributed by atoms with Crippen molar-refractivity contribution in [2.45, 2.75) is 32.6 Å². The zero-order chi connectivity index (χ0) is 15.6. The Kier molecular flexibility index (Phi) is 4.02. The van der Waals surface area contributed by atoms with Gasteiger partial charge in [-0.1, -0.05) is 6.07 Å². The van der Waals surface area contributed by atoms with E-state index in [9.17, 15) is 4.79 Å². The summed E-state index contributed by atoms with van der Waals surface area (Å²) in [5.74, 6) is 1.17. The molecule has 1 aromatic rings. The van der Waals surface area contributed by atoms with Crippen molar-refractivity contribution >= 4 is 11.7 Å². The number of hydrogen-bond donors (Lipinski definition) is 0. The van der Waals surface area contributed by atoms with Gasteiger partial charge in [-0.2, -0.15) is 5.26 Å². The van der Waals surface area contributed by atoms with Gasteiger partial charge in [0.05, 0.1) is 0 Å². The number of nitriles is 1. The predicted octanol–water partition coefficient (Wildman–Crippen LogP) is 2.18. The third kappa shape index (κ3) is 2.78. The quantitative estimate of drug-likeness (QED) is 0.839. The standard InChI is InChI=1S/C17H22N4O/c1-2-20-12-17(9-7-16(20)22)8-4-10-21(13-17)15-6-3-5-14(11-18)19-15/h3,5-6H,2,4,7-10,12-13H2,1H3/t17-/m1/s1. The zero-order valence-corrected chi connectivity index (χ0v) is 13.1. The van der Waals surface area contributed by atoms with Gasteiger partial charge in [0.15, 0.2) is 0 Å². The normalized spacial score (nSPS) is 25.4. The molecular weight excluding hydrogens is 276 g/mol. The molecule has 1 spiro atoms. The summed E-state index contributed by atoms with van der Waals surface area (Å²) in [4.78, 5) is 20.7. The Morgan fingerprint density at radius 1 is 1.36 bits per heavy atom. The summed E-state index contributed by atoms with van der Waals surface area (Å²) in [5.41, 5.74) is 0.651. The van der Waals surface area contributed by atoms with E-state index in [0.717, 1.165) is 44.8 Å². The van der Waals surface area contributed by atoms with Crippen LogP contribution < -0.4 is 4.90 Å². The maximum atomic E-state index is 12.0. The maximum Gasteiger partial charge on any atom is 0.222 e. The van der Waals surface area contributed by atoms with Crippen molar-refractivity contribution in [3.63, 3.8) is 0 Å². The van der Waals surface area contributed by atoms with E-state index < -0.39 is 0 Å². The number of carbonyl (C=O) groups is 1. The molecule has 2 aliphatic rings. The Morgan fingerprint density at radius 3 is 3.00 bits per heavy atom. The van der Waals surface area contributed by atoms with Gasteiger partial charge in [-0.3, -0.25) is 4.79 Å². The smallest absolute Gasteiger partial charge is 0.222 e. The third-order valence-corrected chi connectivity index (χ3v) is 4.96. The van der Waals surface area contributed by atoms with Crippen LogP contribution in [0.3, 0.4) is 0 Å². The van der Waals surface area contributed by atoms with Gasteiger partial charge in [-0.05, 0) is 38.3 Å². The first-order valence-electron chi connectivity index (χ1n) is 8.06. The van der Waals surface area contributed by atoms with Crippen LogP contribution >= 0.6 is 0 Å². The van der Waals surface area contributed by atoms with Gasteiger partial charge in [0.1, 0.15) is 17.6 Å². The highest BCUT2D eigenvalue weighted by molar-refractivity contribution is 5.77. The minimum Gasteiger partial charge on any atom is -0.356 e. The van der Waals surface area contributed by atoms with Gasteiger partial charge >= 0.3 is 0 Å². The summed E-state index contributed by atoms with van der Waals surface area (Å²) in [7, 11) is 0. The fourth-order valence-corrected chi connectivity index (χ4v) is 3.79. The van der Waals surface area contributed by atoms with Crippen LogP contribution in [0.5, 0.6) is 0 Å². The van der Waals surface area contributed by atoms with E-state index >= 15 is 0 Å². The Hall–Kier alpha value is -2.09. The molecule has 2 aliphatic heterocycles. The molecule has 3 heterocycles. The Balaban J connectivity index is 1.79. The van der Waals surface area contributed by atoms with E-state index in [1.807, 2.05) is 17.0 Å². The number of likely N-dealkylation sites (tertiary alicyclic amines) is 1. The number of nitrogens with zero attached hydrogens (tertiary/aromatic N) is 4. The van der Waals surface area contributed by atoms with E-state index in [-0.39, 0.29) is 11.3 Å².